The number of benzene rings is 3. The smallest absolute Gasteiger partial charge is 0.309 e. The summed E-state index contributed by atoms with van der Waals surface area (Å²) in [5.41, 5.74) is 2.31. The Morgan fingerprint density at radius 2 is 1.73 bits per heavy atom. The fourth-order valence-corrected chi connectivity index (χ4v) is 6.81. The van der Waals surface area contributed by atoms with Crippen LogP contribution in [0.2, 0.25) is 0 Å². The Kier molecular flexibility index (Phi) is 6.65. The minimum absolute atomic E-state index is 0.00115. The third-order valence-corrected chi connectivity index (χ3v) is 8.89. The van der Waals surface area contributed by atoms with Crippen molar-refractivity contribution >= 4 is 27.6 Å². The molecule has 0 unspecified atom stereocenters. The van der Waals surface area contributed by atoms with Crippen molar-refractivity contribution in [3.63, 3.8) is 0 Å². The summed E-state index contributed by atoms with van der Waals surface area (Å²) in [6.07, 6.45) is -0.666. The van der Waals surface area contributed by atoms with Crippen LogP contribution in [0.25, 0.3) is 11.1 Å². The summed E-state index contributed by atoms with van der Waals surface area (Å²) in [5.74, 6) is -0.832. The SMILES string of the molecule is COc1cc2c(c(OC)c1NS(=O)(=O)c1ccccc1)-c1cc3c(cc1[C@H](OC(C)=O)[C@H]1COC(=O)[C@@H]1C2)OCO3. The van der Waals surface area contributed by atoms with E-state index in [9.17, 15) is 18.0 Å². The summed E-state index contributed by atoms with van der Waals surface area (Å²) < 4.78 is 63.6. The number of carbonyl (C=O) groups is 2. The van der Waals surface area contributed by atoms with Gasteiger partial charge in [0.05, 0.1) is 31.6 Å². The van der Waals surface area contributed by atoms with Crippen molar-refractivity contribution in [1.82, 2.24) is 0 Å². The van der Waals surface area contributed by atoms with E-state index in [1.54, 1.807) is 36.4 Å². The van der Waals surface area contributed by atoms with E-state index < -0.39 is 39.9 Å². The molecule has 1 N–H and O–H groups in total. The highest BCUT2D eigenvalue weighted by atomic mass is 32.2. The van der Waals surface area contributed by atoms with E-state index in [1.165, 1.54) is 33.3 Å². The first-order chi connectivity index (χ1) is 19.7. The van der Waals surface area contributed by atoms with Gasteiger partial charge >= 0.3 is 11.9 Å². The van der Waals surface area contributed by atoms with Crippen LogP contribution in [0, 0.1) is 11.8 Å². The average molecular weight is 582 g/mol. The van der Waals surface area contributed by atoms with Crippen molar-refractivity contribution in [2.45, 2.75) is 24.3 Å². The molecule has 3 aromatic rings. The summed E-state index contributed by atoms with van der Waals surface area (Å²) in [5, 5.41) is 0. The normalized spacial score (nSPS) is 20.5. The fourth-order valence-electron chi connectivity index (χ4n) is 5.71. The summed E-state index contributed by atoms with van der Waals surface area (Å²) in [6.45, 7) is 1.36. The molecule has 0 spiro atoms. The van der Waals surface area contributed by atoms with Crippen LogP contribution >= 0.6 is 0 Å². The zero-order valence-electron chi connectivity index (χ0n) is 22.5. The van der Waals surface area contributed by atoms with Crippen LogP contribution in [-0.4, -0.2) is 48.0 Å². The second-order valence-electron chi connectivity index (χ2n) is 9.87. The Morgan fingerprint density at radius 1 is 1.00 bits per heavy atom. The van der Waals surface area contributed by atoms with Gasteiger partial charge in [-0.2, -0.15) is 0 Å². The van der Waals surface area contributed by atoms with Gasteiger partial charge < -0.3 is 28.4 Å². The van der Waals surface area contributed by atoms with Crippen LogP contribution in [-0.2, 0) is 35.5 Å². The van der Waals surface area contributed by atoms with Crippen LogP contribution < -0.4 is 23.7 Å². The lowest BCUT2D eigenvalue weighted by Crippen LogP contribution is -2.29. The monoisotopic (exact) mass is 581 g/mol. The number of nitrogens with one attached hydrogen (secondary N) is 1. The summed E-state index contributed by atoms with van der Waals surface area (Å²) in [4.78, 5) is 25.3. The molecule has 1 fully saturated rings. The molecule has 1 saturated heterocycles. The largest absolute Gasteiger partial charge is 0.494 e. The van der Waals surface area contributed by atoms with Gasteiger partial charge in [0, 0.05) is 24.0 Å². The van der Waals surface area contributed by atoms with Crippen molar-refractivity contribution < 1.29 is 46.4 Å². The van der Waals surface area contributed by atoms with E-state index in [1.807, 2.05) is 0 Å². The molecular formula is C29H27NO10S. The molecule has 0 aromatic heterocycles. The summed E-state index contributed by atoms with van der Waals surface area (Å²) in [6, 6.07) is 13.1. The highest BCUT2D eigenvalue weighted by Crippen LogP contribution is 2.54. The van der Waals surface area contributed by atoms with Crippen LogP contribution in [0.3, 0.4) is 0 Å². The van der Waals surface area contributed by atoms with E-state index in [-0.39, 0.29) is 41.9 Å². The predicted octanol–water partition coefficient (Wildman–Crippen LogP) is 3.85. The van der Waals surface area contributed by atoms with E-state index >= 15 is 0 Å². The minimum Gasteiger partial charge on any atom is -0.494 e. The molecule has 3 atom stereocenters. The number of fused-ring (bicyclic) bond motifs is 5. The first-order valence-electron chi connectivity index (χ1n) is 12.8. The molecule has 12 heteroatoms. The summed E-state index contributed by atoms with van der Waals surface area (Å²) >= 11 is 0. The molecule has 0 radical (unpaired) electrons. The standard InChI is InChI=1S/C29H27NO10S/c1-15(31)40-27-19-12-23-22(38-14-39-23)11-18(19)25-16(9-20-21(27)13-37-29(20)32)10-24(35-2)26(28(25)36-3)30-41(33,34)17-7-5-4-6-8-17/h4-8,10-12,20-21,27,30H,9,13-14H2,1-3H3/t20-,21+,27+/m1/s1. The quantitative estimate of drug-likeness (QED) is 0.428. The topological polar surface area (TPSA) is 136 Å². The molecule has 6 rings (SSSR count). The Hall–Kier alpha value is -4.45. The Bertz CT molecular complexity index is 1650. The van der Waals surface area contributed by atoms with Crippen molar-refractivity contribution in [2.24, 2.45) is 11.8 Å². The zero-order chi connectivity index (χ0) is 28.9. The molecule has 1 aliphatic carbocycles. The lowest BCUT2D eigenvalue weighted by molar-refractivity contribution is -0.150. The van der Waals surface area contributed by atoms with Gasteiger partial charge in [-0.05, 0) is 47.9 Å². The molecule has 2 aliphatic heterocycles. The second kappa shape index (κ2) is 10.2. The van der Waals surface area contributed by atoms with Gasteiger partial charge in [-0.1, -0.05) is 18.2 Å². The van der Waals surface area contributed by atoms with E-state index in [0.29, 0.717) is 33.8 Å². The van der Waals surface area contributed by atoms with Crippen LogP contribution in [0.5, 0.6) is 23.0 Å². The molecule has 0 bridgehead atoms. The number of ether oxygens (including phenoxy) is 6. The number of hydrogen-bond acceptors (Lipinski definition) is 10. The molecule has 2 heterocycles. The first-order valence-corrected chi connectivity index (χ1v) is 14.3. The number of anilines is 1. The van der Waals surface area contributed by atoms with Gasteiger partial charge in [-0.25, -0.2) is 8.42 Å². The van der Waals surface area contributed by atoms with Gasteiger partial charge in [-0.15, -0.1) is 0 Å². The Labute approximate surface area is 236 Å². The molecule has 0 saturated carbocycles. The predicted molar refractivity (Wildman–Crippen MR) is 145 cm³/mol. The van der Waals surface area contributed by atoms with Crippen LogP contribution in [0.4, 0.5) is 5.69 Å². The first kappa shape index (κ1) is 26.8. The van der Waals surface area contributed by atoms with Crippen molar-refractivity contribution in [3.05, 3.63) is 59.7 Å². The third kappa shape index (κ3) is 4.57. The maximum absolute atomic E-state index is 13.4. The van der Waals surface area contributed by atoms with Crippen LogP contribution in [0.15, 0.2) is 53.4 Å². The number of rotatable bonds is 6. The summed E-state index contributed by atoms with van der Waals surface area (Å²) in [7, 11) is -1.23. The number of methoxy groups -OCH3 is 2. The van der Waals surface area contributed by atoms with E-state index in [0.717, 1.165) is 0 Å². The molecule has 3 aromatic carbocycles. The van der Waals surface area contributed by atoms with Crippen molar-refractivity contribution in [3.8, 4) is 34.1 Å². The molecule has 214 valence electrons. The van der Waals surface area contributed by atoms with Gasteiger partial charge in [0.2, 0.25) is 6.79 Å². The Balaban J connectivity index is 1.64. The van der Waals surface area contributed by atoms with Crippen LogP contribution in [0.1, 0.15) is 24.2 Å². The molecule has 3 aliphatic rings. The maximum atomic E-state index is 13.4. The molecule has 41 heavy (non-hydrogen) atoms. The number of esters is 2. The number of carbonyl (C=O) groups excluding carboxylic acids is 2. The van der Waals surface area contributed by atoms with Crippen molar-refractivity contribution in [2.75, 3.05) is 32.3 Å². The highest BCUT2D eigenvalue weighted by molar-refractivity contribution is 7.92. The Morgan fingerprint density at radius 3 is 2.41 bits per heavy atom. The number of sulfonamides is 1. The second-order valence-corrected chi connectivity index (χ2v) is 11.5. The highest BCUT2D eigenvalue weighted by Gasteiger charge is 2.47. The number of hydrogen-bond donors (Lipinski definition) is 1. The van der Waals surface area contributed by atoms with Crippen molar-refractivity contribution in [1.29, 1.82) is 0 Å². The molecule has 11 nitrogen and oxygen atoms in total. The van der Waals surface area contributed by atoms with E-state index in [4.69, 9.17) is 28.4 Å². The third-order valence-electron chi connectivity index (χ3n) is 7.52. The van der Waals surface area contributed by atoms with Gasteiger partial charge in [0.15, 0.2) is 17.2 Å². The maximum Gasteiger partial charge on any atom is 0.309 e. The average Bonchev–Trinajstić information content (AvgIpc) is 3.56. The van der Waals surface area contributed by atoms with E-state index in [2.05, 4.69) is 4.72 Å². The van der Waals surface area contributed by atoms with Gasteiger partial charge in [-0.3, -0.25) is 14.3 Å². The lowest BCUT2D eigenvalue weighted by atomic mass is 9.76. The lowest BCUT2D eigenvalue weighted by Gasteiger charge is -2.32. The minimum atomic E-state index is -4.06. The van der Waals surface area contributed by atoms with Gasteiger partial charge in [0.1, 0.15) is 17.5 Å². The molecular weight excluding hydrogens is 554 g/mol. The zero-order valence-corrected chi connectivity index (χ0v) is 23.3. The van der Waals surface area contributed by atoms with Gasteiger partial charge in [0.25, 0.3) is 10.0 Å². The fraction of sp³-hybridized carbons (Fsp3) is 0.310. The molecule has 0 amide bonds. The number of cyclic esters (lactones) is 1.